The first kappa shape index (κ1) is 16.8. The highest BCUT2D eigenvalue weighted by Gasteiger charge is 2.23. The number of hydrogen-bond acceptors (Lipinski definition) is 5. The molecule has 0 heterocycles. The van der Waals surface area contributed by atoms with Crippen LogP contribution in [0.1, 0.15) is 11.1 Å². The van der Waals surface area contributed by atoms with E-state index < -0.39 is 14.9 Å². The van der Waals surface area contributed by atoms with E-state index in [1.807, 2.05) is 0 Å². The van der Waals surface area contributed by atoms with Crippen LogP contribution in [-0.2, 0) is 10.0 Å². The quantitative estimate of drug-likeness (QED) is 0.668. The lowest BCUT2D eigenvalue weighted by Crippen LogP contribution is -2.15. The van der Waals surface area contributed by atoms with Gasteiger partial charge in [0.05, 0.1) is 22.6 Å². The third kappa shape index (κ3) is 3.42. The SMILES string of the molecule is COc1ccccc1NS(=O)(=O)c1cc([N+](=O)[O-])cc(C)c1C. The molecule has 2 aromatic rings. The third-order valence-electron chi connectivity index (χ3n) is 3.46. The number of benzene rings is 2. The fourth-order valence-corrected chi connectivity index (χ4v) is 3.53. The predicted molar refractivity (Wildman–Crippen MR) is 86.4 cm³/mol. The van der Waals surface area contributed by atoms with Crippen molar-refractivity contribution in [1.82, 2.24) is 0 Å². The zero-order chi connectivity index (χ0) is 17.2. The van der Waals surface area contributed by atoms with Crippen LogP contribution in [0.2, 0.25) is 0 Å². The Hall–Kier alpha value is -2.61. The summed E-state index contributed by atoms with van der Waals surface area (Å²) in [4.78, 5) is 10.2. The van der Waals surface area contributed by atoms with Gasteiger partial charge < -0.3 is 4.74 Å². The number of sulfonamides is 1. The van der Waals surface area contributed by atoms with E-state index in [0.29, 0.717) is 16.9 Å². The van der Waals surface area contributed by atoms with E-state index in [4.69, 9.17) is 4.74 Å². The smallest absolute Gasteiger partial charge is 0.271 e. The number of rotatable bonds is 5. The van der Waals surface area contributed by atoms with E-state index in [9.17, 15) is 18.5 Å². The monoisotopic (exact) mass is 336 g/mol. The highest BCUT2D eigenvalue weighted by atomic mass is 32.2. The number of para-hydroxylation sites is 2. The van der Waals surface area contributed by atoms with Crippen LogP contribution in [0.5, 0.6) is 5.75 Å². The maximum absolute atomic E-state index is 12.6. The minimum atomic E-state index is -3.99. The van der Waals surface area contributed by atoms with Crippen LogP contribution < -0.4 is 9.46 Å². The van der Waals surface area contributed by atoms with Gasteiger partial charge in [-0.05, 0) is 37.1 Å². The van der Waals surface area contributed by atoms with E-state index in [1.54, 1.807) is 38.1 Å². The standard InChI is InChI=1S/C15H16N2O5S/c1-10-8-12(17(18)19)9-15(11(10)2)23(20,21)16-13-6-4-5-7-14(13)22-3/h4-9,16H,1-3H3. The number of methoxy groups -OCH3 is 1. The lowest BCUT2D eigenvalue weighted by molar-refractivity contribution is -0.385. The predicted octanol–water partition coefficient (Wildman–Crippen LogP) is 3.02. The summed E-state index contributed by atoms with van der Waals surface area (Å²) in [6.07, 6.45) is 0. The van der Waals surface area contributed by atoms with Crippen LogP contribution >= 0.6 is 0 Å². The van der Waals surface area contributed by atoms with Crippen molar-refractivity contribution in [3.05, 3.63) is 57.6 Å². The van der Waals surface area contributed by atoms with Gasteiger partial charge in [-0.1, -0.05) is 12.1 Å². The average molecular weight is 336 g/mol. The van der Waals surface area contributed by atoms with E-state index in [2.05, 4.69) is 4.72 Å². The van der Waals surface area contributed by atoms with Gasteiger partial charge in [0.25, 0.3) is 15.7 Å². The highest BCUT2D eigenvalue weighted by molar-refractivity contribution is 7.92. The van der Waals surface area contributed by atoms with Crippen LogP contribution in [0.3, 0.4) is 0 Å². The molecule has 0 amide bonds. The number of nitrogens with one attached hydrogen (secondary N) is 1. The van der Waals surface area contributed by atoms with E-state index >= 15 is 0 Å². The number of hydrogen-bond donors (Lipinski definition) is 1. The molecule has 0 aliphatic rings. The van der Waals surface area contributed by atoms with Crippen LogP contribution in [0, 0.1) is 24.0 Å². The maximum atomic E-state index is 12.6. The van der Waals surface area contributed by atoms with Crippen LogP contribution in [0.4, 0.5) is 11.4 Å². The Morgan fingerprint density at radius 3 is 2.43 bits per heavy atom. The molecule has 8 heteroatoms. The van der Waals surface area contributed by atoms with E-state index in [1.165, 1.54) is 13.2 Å². The topological polar surface area (TPSA) is 98.5 Å². The van der Waals surface area contributed by atoms with Crippen molar-refractivity contribution in [3.63, 3.8) is 0 Å². The fourth-order valence-electron chi connectivity index (χ4n) is 2.12. The molecule has 23 heavy (non-hydrogen) atoms. The number of nitro groups is 1. The highest BCUT2D eigenvalue weighted by Crippen LogP contribution is 2.30. The molecule has 0 aliphatic heterocycles. The Labute approximate surface area is 134 Å². The fraction of sp³-hybridized carbons (Fsp3) is 0.200. The van der Waals surface area contributed by atoms with Gasteiger partial charge in [0.2, 0.25) is 0 Å². The molecule has 0 fully saturated rings. The Bertz CT molecular complexity index is 862. The van der Waals surface area contributed by atoms with Gasteiger partial charge >= 0.3 is 0 Å². The minimum absolute atomic E-state index is 0.130. The van der Waals surface area contributed by atoms with Gasteiger partial charge in [-0.2, -0.15) is 0 Å². The van der Waals surface area contributed by atoms with Crippen molar-refractivity contribution >= 4 is 21.4 Å². The molecule has 0 aliphatic carbocycles. The largest absolute Gasteiger partial charge is 0.495 e. The van der Waals surface area contributed by atoms with Crippen molar-refractivity contribution in [2.24, 2.45) is 0 Å². The minimum Gasteiger partial charge on any atom is -0.495 e. The number of non-ortho nitro benzene ring substituents is 1. The Kier molecular flexibility index (Phi) is 4.55. The first-order chi connectivity index (χ1) is 10.8. The summed E-state index contributed by atoms with van der Waals surface area (Å²) in [6, 6.07) is 8.93. The van der Waals surface area contributed by atoms with Gasteiger partial charge in [0, 0.05) is 12.1 Å². The number of anilines is 1. The zero-order valence-electron chi connectivity index (χ0n) is 12.9. The summed E-state index contributed by atoms with van der Waals surface area (Å²) in [5.74, 6) is 0.357. The molecule has 0 radical (unpaired) electrons. The molecule has 0 unspecified atom stereocenters. The Balaban J connectivity index is 2.54. The molecule has 0 aromatic heterocycles. The first-order valence-electron chi connectivity index (χ1n) is 6.67. The van der Waals surface area contributed by atoms with Crippen LogP contribution in [-0.4, -0.2) is 20.5 Å². The lowest BCUT2D eigenvalue weighted by Gasteiger charge is -2.14. The van der Waals surface area contributed by atoms with Gasteiger partial charge in [-0.15, -0.1) is 0 Å². The van der Waals surface area contributed by atoms with Crippen LogP contribution in [0.25, 0.3) is 0 Å². The number of aryl methyl sites for hydroxylation is 1. The number of nitrogens with zero attached hydrogens (tertiary/aromatic N) is 1. The van der Waals surface area contributed by atoms with Crippen molar-refractivity contribution in [2.75, 3.05) is 11.8 Å². The van der Waals surface area contributed by atoms with Crippen molar-refractivity contribution < 1.29 is 18.1 Å². The number of ether oxygens (including phenoxy) is 1. The lowest BCUT2D eigenvalue weighted by atomic mass is 10.1. The number of nitro benzene ring substituents is 1. The molecule has 0 saturated carbocycles. The molecule has 1 N–H and O–H groups in total. The summed E-state index contributed by atoms with van der Waals surface area (Å²) in [6.45, 7) is 3.24. The molecule has 122 valence electrons. The molecular formula is C15H16N2O5S. The molecule has 0 saturated heterocycles. The molecule has 7 nitrogen and oxygen atoms in total. The van der Waals surface area contributed by atoms with Gasteiger partial charge in [0.15, 0.2) is 0 Å². The van der Waals surface area contributed by atoms with Gasteiger partial charge in [0.1, 0.15) is 5.75 Å². The maximum Gasteiger partial charge on any atom is 0.271 e. The molecule has 0 bridgehead atoms. The normalized spacial score (nSPS) is 11.1. The summed E-state index contributed by atoms with van der Waals surface area (Å²) < 4.78 is 32.8. The van der Waals surface area contributed by atoms with E-state index in [-0.39, 0.29) is 16.3 Å². The Morgan fingerprint density at radius 2 is 1.83 bits per heavy atom. The second-order valence-electron chi connectivity index (χ2n) is 4.95. The summed E-state index contributed by atoms with van der Waals surface area (Å²) in [5.41, 5.74) is 0.977. The van der Waals surface area contributed by atoms with Crippen molar-refractivity contribution in [2.45, 2.75) is 18.7 Å². The Morgan fingerprint density at radius 1 is 1.17 bits per heavy atom. The van der Waals surface area contributed by atoms with E-state index in [0.717, 1.165) is 6.07 Å². The summed E-state index contributed by atoms with van der Waals surface area (Å²) in [5, 5.41) is 11.0. The second kappa shape index (κ2) is 6.25. The van der Waals surface area contributed by atoms with Gasteiger partial charge in [-0.25, -0.2) is 8.42 Å². The summed E-state index contributed by atoms with van der Waals surface area (Å²) in [7, 11) is -2.56. The molecule has 2 aromatic carbocycles. The van der Waals surface area contributed by atoms with Crippen molar-refractivity contribution in [3.8, 4) is 5.75 Å². The average Bonchev–Trinajstić information content (AvgIpc) is 2.49. The summed E-state index contributed by atoms with van der Waals surface area (Å²) >= 11 is 0. The molecular weight excluding hydrogens is 320 g/mol. The zero-order valence-corrected chi connectivity index (χ0v) is 13.7. The second-order valence-corrected chi connectivity index (χ2v) is 6.60. The third-order valence-corrected chi connectivity index (χ3v) is 4.95. The van der Waals surface area contributed by atoms with Gasteiger partial charge in [-0.3, -0.25) is 14.8 Å². The first-order valence-corrected chi connectivity index (χ1v) is 8.16. The van der Waals surface area contributed by atoms with Crippen LogP contribution in [0.15, 0.2) is 41.3 Å². The molecule has 0 atom stereocenters. The molecule has 2 rings (SSSR count). The van der Waals surface area contributed by atoms with Crippen molar-refractivity contribution in [1.29, 1.82) is 0 Å². The molecule has 0 spiro atoms.